The molecule has 0 unspecified atom stereocenters. The summed E-state index contributed by atoms with van der Waals surface area (Å²) in [5.41, 5.74) is 14.7. The van der Waals surface area contributed by atoms with Crippen molar-refractivity contribution >= 4 is 59.9 Å². The minimum Gasteiger partial charge on any atom is -0.309 e. The Morgan fingerprint density at radius 2 is 0.800 bits per heavy atom. The maximum atomic E-state index is 2.52. The summed E-state index contributed by atoms with van der Waals surface area (Å²) in [6, 6.07) is 66.6. The lowest BCUT2D eigenvalue weighted by Gasteiger charge is -2.15. The van der Waals surface area contributed by atoms with E-state index < -0.39 is 0 Å². The van der Waals surface area contributed by atoms with Gasteiger partial charge in [-0.15, -0.1) is 0 Å². The average molecular weight is 635 g/mol. The molecule has 3 heterocycles. The van der Waals surface area contributed by atoms with Crippen molar-refractivity contribution in [2.45, 2.75) is 0 Å². The van der Waals surface area contributed by atoms with Crippen molar-refractivity contribution in [2.75, 3.05) is 0 Å². The van der Waals surface area contributed by atoms with E-state index in [9.17, 15) is 0 Å². The molecular weight excluding hydrogens is 605 g/mol. The van der Waals surface area contributed by atoms with Gasteiger partial charge in [0.1, 0.15) is 0 Å². The molecule has 0 aliphatic heterocycles. The minimum absolute atomic E-state index is 1.15. The van der Waals surface area contributed by atoms with Crippen LogP contribution in [-0.2, 0) is 0 Å². The van der Waals surface area contributed by atoms with Gasteiger partial charge in [0, 0.05) is 38.2 Å². The van der Waals surface area contributed by atoms with Crippen LogP contribution in [0.3, 0.4) is 0 Å². The van der Waals surface area contributed by atoms with E-state index >= 15 is 0 Å². The predicted molar refractivity (Wildman–Crippen MR) is 212 cm³/mol. The van der Waals surface area contributed by atoms with Gasteiger partial charge in [0.15, 0.2) is 0 Å². The van der Waals surface area contributed by atoms with E-state index in [1.54, 1.807) is 0 Å². The van der Waals surface area contributed by atoms with Crippen molar-refractivity contribution in [2.24, 2.45) is 0 Å². The molecule has 0 saturated carbocycles. The fraction of sp³-hybridized carbons (Fsp3) is 0. The Kier molecular flexibility index (Phi) is 5.70. The largest absolute Gasteiger partial charge is 0.309 e. The molecule has 11 aromatic rings. The highest BCUT2D eigenvalue weighted by atomic mass is 15.0. The Balaban J connectivity index is 1.29. The second-order valence-corrected chi connectivity index (χ2v) is 13.3. The molecule has 8 aromatic carbocycles. The summed E-state index contributed by atoms with van der Waals surface area (Å²) >= 11 is 0. The Bertz CT molecular complexity index is 3050. The van der Waals surface area contributed by atoms with Gasteiger partial charge in [-0.2, -0.15) is 0 Å². The summed E-state index contributed by atoms with van der Waals surface area (Å²) in [5, 5.41) is 7.69. The standard InChI is InChI=1S/C48H30N2/c1-3-14-31(15-4-1)35-18-7-8-19-36(35)33-26-28-34(29-27-33)49-44-25-13-22-39-37-20-9-11-23-42(37)50-43-24-12-10-21-38(43)41-30-40(32-16-5-2-6-17-32)47(49)46(45(39)44)48(41)50/h1-30H. The highest BCUT2D eigenvalue weighted by Gasteiger charge is 2.25. The van der Waals surface area contributed by atoms with Crippen LogP contribution in [0, 0.1) is 0 Å². The average Bonchev–Trinajstić information content (AvgIpc) is 3.67. The van der Waals surface area contributed by atoms with Crippen LogP contribution in [0.2, 0.25) is 0 Å². The number of fused-ring (bicyclic) bond motifs is 6. The van der Waals surface area contributed by atoms with Gasteiger partial charge < -0.3 is 8.97 Å². The number of nitrogens with zero attached hydrogens (tertiary/aromatic N) is 2. The van der Waals surface area contributed by atoms with Crippen molar-refractivity contribution in [3.63, 3.8) is 0 Å². The Morgan fingerprint density at radius 3 is 1.46 bits per heavy atom. The molecule has 0 amide bonds. The van der Waals surface area contributed by atoms with Gasteiger partial charge in [-0.25, -0.2) is 0 Å². The van der Waals surface area contributed by atoms with Crippen LogP contribution >= 0.6 is 0 Å². The number of rotatable bonds is 4. The fourth-order valence-electron chi connectivity index (χ4n) is 8.57. The van der Waals surface area contributed by atoms with E-state index in [0.29, 0.717) is 0 Å². The smallest absolute Gasteiger partial charge is 0.0642 e. The van der Waals surface area contributed by atoms with Crippen LogP contribution < -0.4 is 0 Å². The van der Waals surface area contributed by atoms with Crippen molar-refractivity contribution in [1.29, 1.82) is 0 Å². The van der Waals surface area contributed by atoms with Crippen molar-refractivity contribution in [3.8, 4) is 39.1 Å². The molecule has 0 aliphatic carbocycles. The lowest BCUT2D eigenvalue weighted by atomic mass is 9.94. The van der Waals surface area contributed by atoms with E-state index in [2.05, 4.69) is 191 Å². The van der Waals surface area contributed by atoms with E-state index in [4.69, 9.17) is 0 Å². The van der Waals surface area contributed by atoms with E-state index in [0.717, 1.165) is 5.69 Å². The van der Waals surface area contributed by atoms with Gasteiger partial charge >= 0.3 is 0 Å². The van der Waals surface area contributed by atoms with Gasteiger partial charge in [-0.1, -0.05) is 146 Å². The normalized spacial score (nSPS) is 12.0. The van der Waals surface area contributed by atoms with Gasteiger partial charge in [0.2, 0.25) is 0 Å². The first-order valence-corrected chi connectivity index (χ1v) is 17.3. The van der Waals surface area contributed by atoms with E-state index in [1.807, 2.05) is 0 Å². The Labute approximate surface area is 289 Å². The molecule has 50 heavy (non-hydrogen) atoms. The summed E-state index contributed by atoms with van der Waals surface area (Å²) in [5.74, 6) is 0. The van der Waals surface area contributed by atoms with Gasteiger partial charge in [-0.3, -0.25) is 0 Å². The second kappa shape index (κ2) is 10.4. The van der Waals surface area contributed by atoms with Crippen LogP contribution in [0.15, 0.2) is 182 Å². The van der Waals surface area contributed by atoms with Crippen molar-refractivity contribution in [3.05, 3.63) is 182 Å². The number of hydrogen-bond acceptors (Lipinski definition) is 0. The van der Waals surface area contributed by atoms with Gasteiger partial charge in [0.25, 0.3) is 0 Å². The van der Waals surface area contributed by atoms with Gasteiger partial charge in [0.05, 0.1) is 27.6 Å². The summed E-state index contributed by atoms with van der Waals surface area (Å²) in [7, 11) is 0. The zero-order chi connectivity index (χ0) is 32.8. The Hall–Kier alpha value is -6.64. The predicted octanol–water partition coefficient (Wildman–Crippen LogP) is 12.9. The van der Waals surface area contributed by atoms with Crippen molar-refractivity contribution < 1.29 is 0 Å². The molecule has 0 radical (unpaired) electrons. The molecule has 0 bridgehead atoms. The first kappa shape index (κ1) is 27.3. The van der Waals surface area contributed by atoms with E-state index in [1.165, 1.54) is 93.3 Å². The number of hydrogen-bond donors (Lipinski definition) is 0. The summed E-state index contributed by atoms with van der Waals surface area (Å²) in [4.78, 5) is 0. The lowest BCUT2D eigenvalue weighted by Crippen LogP contribution is -1.97. The van der Waals surface area contributed by atoms with Crippen LogP contribution in [0.4, 0.5) is 0 Å². The quantitative estimate of drug-likeness (QED) is 0.182. The lowest BCUT2D eigenvalue weighted by molar-refractivity contribution is 1.18. The molecule has 0 spiro atoms. The molecule has 0 N–H and O–H groups in total. The third kappa shape index (κ3) is 3.73. The molecule has 3 aromatic heterocycles. The highest BCUT2D eigenvalue weighted by Crippen LogP contribution is 2.48. The fourth-order valence-corrected chi connectivity index (χ4v) is 8.57. The maximum absolute atomic E-state index is 2.52. The number of benzene rings is 8. The monoisotopic (exact) mass is 634 g/mol. The molecule has 0 fully saturated rings. The van der Waals surface area contributed by atoms with Crippen molar-refractivity contribution in [1.82, 2.24) is 8.97 Å². The van der Waals surface area contributed by atoms with Crippen LogP contribution in [0.1, 0.15) is 0 Å². The number of para-hydroxylation sites is 2. The zero-order valence-electron chi connectivity index (χ0n) is 27.2. The van der Waals surface area contributed by atoms with E-state index in [-0.39, 0.29) is 0 Å². The summed E-state index contributed by atoms with van der Waals surface area (Å²) in [6.07, 6.45) is 0. The third-order valence-electron chi connectivity index (χ3n) is 10.7. The summed E-state index contributed by atoms with van der Waals surface area (Å²) in [6.45, 7) is 0. The SMILES string of the molecule is c1ccc(-c2ccccc2-c2ccc(-n3c4cccc5c6ccccc6n6c7ccccc7c7cc(-c8ccccc8)c3c(c54)c76)cc2)cc1. The molecule has 2 nitrogen and oxygen atoms in total. The molecule has 0 aliphatic rings. The minimum atomic E-state index is 1.15. The molecule has 0 saturated heterocycles. The molecule has 0 atom stereocenters. The Morgan fingerprint density at radius 1 is 0.300 bits per heavy atom. The number of aromatic nitrogens is 2. The second-order valence-electron chi connectivity index (χ2n) is 13.3. The van der Waals surface area contributed by atoms with Crippen LogP contribution in [0.25, 0.3) is 99.0 Å². The van der Waals surface area contributed by atoms with Crippen LogP contribution in [-0.4, -0.2) is 8.97 Å². The topological polar surface area (TPSA) is 9.34 Å². The first-order chi connectivity index (χ1) is 24.8. The first-order valence-electron chi connectivity index (χ1n) is 17.3. The maximum Gasteiger partial charge on any atom is 0.0642 e. The molecule has 2 heteroatoms. The third-order valence-corrected chi connectivity index (χ3v) is 10.7. The van der Waals surface area contributed by atoms with Gasteiger partial charge in [-0.05, 0) is 69.6 Å². The van der Waals surface area contributed by atoms with Crippen LogP contribution in [0.5, 0.6) is 0 Å². The molecular formula is C48H30N2. The molecule has 232 valence electrons. The highest BCUT2D eigenvalue weighted by molar-refractivity contribution is 6.35. The zero-order valence-corrected chi connectivity index (χ0v) is 27.2. The summed E-state index contributed by atoms with van der Waals surface area (Å²) < 4.78 is 5.03. The molecule has 11 rings (SSSR count).